The quantitative estimate of drug-likeness (QED) is 0.803. The molecule has 0 atom stereocenters. The van der Waals surface area contributed by atoms with Gasteiger partial charge in [-0.25, -0.2) is 8.78 Å². The number of hydrogen-bond donors (Lipinski definition) is 1. The van der Waals surface area contributed by atoms with E-state index < -0.39 is 11.6 Å². The molecule has 0 aliphatic heterocycles. The van der Waals surface area contributed by atoms with Gasteiger partial charge in [0.25, 0.3) is 0 Å². The number of hydrogen-bond acceptors (Lipinski definition) is 3. The zero-order valence-electron chi connectivity index (χ0n) is 10.6. The molecular weight excluding hydrogens is 252 g/mol. The van der Waals surface area contributed by atoms with E-state index in [0.717, 1.165) is 31.4 Å². The van der Waals surface area contributed by atoms with Crippen LogP contribution in [0.5, 0.6) is 0 Å². The number of halogens is 2. The van der Waals surface area contributed by atoms with E-state index in [-0.39, 0.29) is 24.5 Å². The molecule has 0 unspecified atom stereocenters. The molecule has 3 nitrogen and oxygen atoms in total. The maximum atomic E-state index is 13.1. The molecule has 0 amide bonds. The standard InChI is InChI=1S/C14H17F2NO2/c15-12-5-4-10(8-13(12)16)14(19)9-17(6-7-18)11-2-1-3-11/h4-5,8,11,18H,1-3,6-7,9H2. The summed E-state index contributed by atoms with van der Waals surface area (Å²) in [6, 6.07) is 3.50. The van der Waals surface area contributed by atoms with E-state index in [0.29, 0.717) is 12.6 Å². The summed E-state index contributed by atoms with van der Waals surface area (Å²) in [6.45, 7) is 0.554. The summed E-state index contributed by atoms with van der Waals surface area (Å²) >= 11 is 0. The molecule has 1 aliphatic carbocycles. The molecule has 104 valence electrons. The molecule has 5 heteroatoms. The van der Waals surface area contributed by atoms with Gasteiger partial charge in [0.1, 0.15) is 0 Å². The zero-order valence-corrected chi connectivity index (χ0v) is 10.6. The Morgan fingerprint density at radius 3 is 2.58 bits per heavy atom. The fourth-order valence-electron chi connectivity index (χ4n) is 2.22. The minimum Gasteiger partial charge on any atom is -0.395 e. The maximum absolute atomic E-state index is 13.1. The van der Waals surface area contributed by atoms with Crippen molar-refractivity contribution in [3.05, 3.63) is 35.4 Å². The highest BCUT2D eigenvalue weighted by molar-refractivity contribution is 5.97. The van der Waals surface area contributed by atoms with Gasteiger partial charge in [0.15, 0.2) is 17.4 Å². The van der Waals surface area contributed by atoms with E-state index in [1.807, 2.05) is 4.90 Å². The van der Waals surface area contributed by atoms with Gasteiger partial charge in [-0.05, 0) is 31.0 Å². The lowest BCUT2D eigenvalue weighted by Crippen LogP contribution is -2.44. The van der Waals surface area contributed by atoms with Crippen LogP contribution in [0.3, 0.4) is 0 Å². The average molecular weight is 269 g/mol. The third-order valence-corrected chi connectivity index (χ3v) is 3.57. The summed E-state index contributed by atoms with van der Waals surface area (Å²) in [5, 5.41) is 9.01. The first kappa shape index (κ1) is 14.1. The van der Waals surface area contributed by atoms with Crippen LogP contribution in [0.15, 0.2) is 18.2 Å². The van der Waals surface area contributed by atoms with E-state index in [1.165, 1.54) is 6.07 Å². The number of benzene rings is 1. The molecule has 0 radical (unpaired) electrons. The van der Waals surface area contributed by atoms with Crippen molar-refractivity contribution in [3.8, 4) is 0 Å². The molecule has 19 heavy (non-hydrogen) atoms. The van der Waals surface area contributed by atoms with Crippen molar-refractivity contribution in [2.24, 2.45) is 0 Å². The van der Waals surface area contributed by atoms with Gasteiger partial charge in [-0.1, -0.05) is 6.42 Å². The lowest BCUT2D eigenvalue weighted by molar-refractivity contribution is 0.0747. The smallest absolute Gasteiger partial charge is 0.176 e. The van der Waals surface area contributed by atoms with E-state index >= 15 is 0 Å². The molecule has 1 aromatic rings. The Bertz CT molecular complexity index is 461. The number of carbonyl (C=O) groups excluding carboxylic acids is 1. The monoisotopic (exact) mass is 269 g/mol. The van der Waals surface area contributed by atoms with Gasteiger partial charge in [0.05, 0.1) is 13.2 Å². The van der Waals surface area contributed by atoms with Crippen molar-refractivity contribution in [1.29, 1.82) is 0 Å². The largest absolute Gasteiger partial charge is 0.395 e. The lowest BCUT2D eigenvalue weighted by atomic mass is 9.91. The molecule has 1 N–H and O–H groups in total. The number of carbonyl (C=O) groups is 1. The molecule has 0 heterocycles. The van der Waals surface area contributed by atoms with E-state index in [2.05, 4.69) is 0 Å². The third kappa shape index (κ3) is 3.36. The second-order valence-electron chi connectivity index (χ2n) is 4.83. The van der Waals surface area contributed by atoms with Gasteiger partial charge in [-0.3, -0.25) is 9.69 Å². The van der Waals surface area contributed by atoms with Crippen LogP contribution in [0.2, 0.25) is 0 Å². The van der Waals surface area contributed by atoms with Crippen LogP contribution >= 0.6 is 0 Å². The number of aliphatic hydroxyl groups excluding tert-OH is 1. The number of aliphatic hydroxyl groups is 1. The maximum Gasteiger partial charge on any atom is 0.176 e. The third-order valence-electron chi connectivity index (χ3n) is 3.57. The number of rotatable bonds is 6. The highest BCUT2D eigenvalue weighted by atomic mass is 19.2. The highest BCUT2D eigenvalue weighted by Gasteiger charge is 2.26. The Morgan fingerprint density at radius 2 is 2.05 bits per heavy atom. The van der Waals surface area contributed by atoms with E-state index in [1.54, 1.807) is 0 Å². The molecule has 1 aliphatic rings. The Labute approximate surface area is 110 Å². The van der Waals surface area contributed by atoms with Gasteiger partial charge in [-0.15, -0.1) is 0 Å². The molecular formula is C14H17F2NO2. The Morgan fingerprint density at radius 1 is 1.32 bits per heavy atom. The summed E-state index contributed by atoms with van der Waals surface area (Å²) in [5.41, 5.74) is 0.168. The van der Waals surface area contributed by atoms with Gasteiger partial charge in [0.2, 0.25) is 0 Å². The average Bonchev–Trinajstić information content (AvgIpc) is 2.30. The van der Waals surface area contributed by atoms with Crippen LogP contribution in [-0.2, 0) is 0 Å². The summed E-state index contributed by atoms with van der Waals surface area (Å²) in [7, 11) is 0. The van der Waals surface area contributed by atoms with Crippen LogP contribution in [-0.4, -0.2) is 41.5 Å². The van der Waals surface area contributed by atoms with Gasteiger partial charge >= 0.3 is 0 Å². The lowest BCUT2D eigenvalue weighted by Gasteiger charge is -2.36. The summed E-state index contributed by atoms with van der Waals surface area (Å²) in [4.78, 5) is 13.9. The Balaban J connectivity index is 2.03. The van der Waals surface area contributed by atoms with Crippen LogP contribution in [0.1, 0.15) is 29.6 Å². The van der Waals surface area contributed by atoms with Crippen molar-refractivity contribution >= 4 is 5.78 Å². The topological polar surface area (TPSA) is 40.5 Å². The SMILES string of the molecule is O=C(CN(CCO)C1CCC1)c1ccc(F)c(F)c1. The first-order valence-electron chi connectivity index (χ1n) is 6.45. The number of ketones is 1. The van der Waals surface area contributed by atoms with Crippen molar-refractivity contribution in [2.75, 3.05) is 19.7 Å². The second kappa shape index (κ2) is 6.21. The van der Waals surface area contributed by atoms with Crippen molar-refractivity contribution in [2.45, 2.75) is 25.3 Å². The second-order valence-corrected chi connectivity index (χ2v) is 4.83. The van der Waals surface area contributed by atoms with Crippen LogP contribution in [0.25, 0.3) is 0 Å². The molecule has 0 saturated heterocycles. The number of Topliss-reactive ketones (excluding diaryl/α,β-unsaturated/α-hetero) is 1. The van der Waals surface area contributed by atoms with E-state index in [4.69, 9.17) is 5.11 Å². The first-order valence-corrected chi connectivity index (χ1v) is 6.45. The molecule has 1 saturated carbocycles. The molecule has 1 aromatic carbocycles. The van der Waals surface area contributed by atoms with E-state index in [9.17, 15) is 13.6 Å². The van der Waals surface area contributed by atoms with Crippen LogP contribution in [0, 0.1) is 11.6 Å². The predicted molar refractivity (Wildman–Crippen MR) is 67.0 cm³/mol. The molecule has 1 fully saturated rings. The highest BCUT2D eigenvalue weighted by Crippen LogP contribution is 2.24. The Kier molecular flexibility index (Phi) is 4.61. The minimum absolute atomic E-state index is 0.0123. The molecule has 0 spiro atoms. The van der Waals surface area contributed by atoms with Crippen LogP contribution < -0.4 is 0 Å². The molecule has 2 rings (SSSR count). The minimum atomic E-state index is -1.01. The first-order chi connectivity index (χ1) is 9.11. The van der Waals surface area contributed by atoms with Crippen molar-refractivity contribution in [3.63, 3.8) is 0 Å². The van der Waals surface area contributed by atoms with Gasteiger partial charge in [-0.2, -0.15) is 0 Å². The molecule has 0 aromatic heterocycles. The normalized spacial score (nSPS) is 15.6. The fourth-order valence-corrected chi connectivity index (χ4v) is 2.22. The predicted octanol–water partition coefficient (Wildman–Crippen LogP) is 1.99. The summed E-state index contributed by atoms with van der Waals surface area (Å²) in [5.74, 6) is -2.22. The van der Waals surface area contributed by atoms with Crippen molar-refractivity contribution < 1.29 is 18.7 Å². The van der Waals surface area contributed by atoms with Gasteiger partial charge < -0.3 is 5.11 Å². The Hall–Kier alpha value is -1.33. The fraction of sp³-hybridized carbons (Fsp3) is 0.500. The molecule has 0 bridgehead atoms. The number of nitrogens with zero attached hydrogens (tertiary/aromatic N) is 1. The van der Waals surface area contributed by atoms with Crippen molar-refractivity contribution in [1.82, 2.24) is 4.90 Å². The summed E-state index contributed by atoms with van der Waals surface area (Å²) < 4.78 is 25.9. The summed E-state index contributed by atoms with van der Waals surface area (Å²) in [6.07, 6.45) is 3.17. The zero-order chi connectivity index (χ0) is 13.8. The van der Waals surface area contributed by atoms with Gasteiger partial charge in [0, 0.05) is 18.2 Å². The van der Waals surface area contributed by atoms with Crippen LogP contribution in [0.4, 0.5) is 8.78 Å².